The average molecular weight is 470 g/mol. The fraction of sp³-hybridized carbons (Fsp3) is 0.227. The molecule has 3 aromatic rings. The minimum absolute atomic E-state index is 0.0192. The predicted molar refractivity (Wildman–Crippen MR) is 117 cm³/mol. The highest BCUT2D eigenvalue weighted by Gasteiger charge is 2.27. The van der Waals surface area contributed by atoms with Crippen molar-refractivity contribution in [1.82, 2.24) is 20.8 Å². The first-order chi connectivity index (χ1) is 16.0. The molecule has 4 rings (SSSR count). The fourth-order valence-corrected chi connectivity index (χ4v) is 3.37. The van der Waals surface area contributed by atoms with Gasteiger partial charge in [-0.15, -0.1) is 0 Å². The molecule has 1 unspecified atom stereocenters. The van der Waals surface area contributed by atoms with Crippen LogP contribution in [0, 0.1) is 0 Å². The first kappa shape index (κ1) is 22.3. The summed E-state index contributed by atoms with van der Waals surface area (Å²) in [4.78, 5) is 41.1. The molecule has 0 fully saturated rings. The second-order valence-electron chi connectivity index (χ2n) is 7.20. The van der Waals surface area contributed by atoms with Crippen LogP contribution < -0.4 is 20.7 Å². The monoisotopic (exact) mass is 469 g/mol. The van der Waals surface area contributed by atoms with Gasteiger partial charge >= 0.3 is 0 Å². The molecule has 1 aromatic heterocycles. The van der Waals surface area contributed by atoms with Crippen molar-refractivity contribution in [3.05, 3.63) is 70.8 Å². The highest BCUT2D eigenvalue weighted by atomic mass is 35.5. The number of fused-ring (bicyclic) bond motifs is 1. The van der Waals surface area contributed by atoms with Gasteiger partial charge in [-0.2, -0.15) is 4.98 Å². The number of nitrogens with zero attached hydrogens (tertiary/aromatic N) is 2. The SMILES string of the molecule is O=C(CCC1NC(=O)c2ccccc2NC1=O)NCc1nc(COc2ccccc2Cl)no1. The van der Waals surface area contributed by atoms with E-state index in [2.05, 4.69) is 26.1 Å². The molecular formula is C22H20ClN5O5. The van der Waals surface area contributed by atoms with Crippen molar-refractivity contribution >= 4 is 35.0 Å². The Kier molecular flexibility index (Phi) is 6.84. The van der Waals surface area contributed by atoms with E-state index in [-0.39, 0.29) is 49.6 Å². The Morgan fingerprint density at radius 2 is 1.94 bits per heavy atom. The Labute approximate surface area is 193 Å². The number of para-hydroxylation sites is 2. The minimum atomic E-state index is -0.826. The van der Waals surface area contributed by atoms with Crippen molar-refractivity contribution in [1.29, 1.82) is 0 Å². The molecule has 2 heterocycles. The molecule has 2 aromatic carbocycles. The number of nitrogens with one attached hydrogen (secondary N) is 3. The number of aromatic nitrogens is 2. The van der Waals surface area contributed by atoms with Gasteiger partial charge in [0.1, 0.15) is 11.8 Å². The first-order valence-electron chi connectivity index (χ1n) is 10.2. The molecule has 0 radical (unpaired) electrons. The topological polar surface area (TPSA) is 135 Å². The summed E-state index contributed by atoms with van der Waals surface area (Å²) < 4.78 is 10.6. The summed E-state index contributed by atoms with van der Waals surface area (Å²) in [5.74, 6) is -0.0657. The maximum Gasteiger partial charge on any atom is 0.254 e. The van der Waals surface area contributed by atoms with Crippen molar-refractivity contribution in [2.24, 2.45) is 0 Å². The number of anilines is 1. The molecule has 0 spiro atoms. The lowest BCUT2D eigenvalue weighted by molar-refractivity contribution is -0.122. The molecule has 0 saturated carbocycles. The lowest BCUT2D eigenvalue weighted by atomic mass is 10.1. The quantitative estimate of drug-likeness (QED) is 0.461. The van der Waals surface area contributed by atoms with Gasteiger partial charge < -0.3 is 25.2 Å². The normalized spacial score (nSPS) is 15.1. The molecule has 170 valence electrons. The number of hydrogen-bond donors (Lipinski definition) is 3. The van der Waals surface area contributed by atoms with Crippen LogP contribution >= 0.6 is 11.6 Å². The van der Waals surface area contributed by atoms with Gasteiger partial charge in [0.25, 0.3) is 5.91 Å². The summed E-state index contributed by atoms with van der Waals surface area (Å²) in [6.07, 6.45) is 0.156. The van der Waals surface area contributed by atoms with Crippen molar-refractivity contribution < 1.29 is 23.6 Å². The summed E-state index contributed by atoms with van der Waals surface area (Å²) in [5, 5.41) is 12.3. The van der Waals surface area contributed by atoms with Crippen LogP contribution in [-0.2, 0) is 22.7 Å². The molecule has 1 aliphatic heterocycles. The highest BCUT2D eigenvalue weighted by Crippen LogP contribution is 2.23. The molecule has 1 aliphatic rings. The van der Waals surface area contributed by atoms with E-state index >= 15 is 0 Å². The summed E-state index contributed by atoms with van der Waals surface area (Å²) in [6.45, 7) is 0.0760. The Morgan fingerprint density at radius 1 is 1.15 bits per heavy atom. The Hall–Kier alpha value is -3.92. The molecule has 3 N–H and O–H groups in total. The van der Waals surface area contributed by atoms with Crippen LogP contribution in [0.3, 0.4) is 0 Å². The number of carbonyl (C=O) groups is 3. The van der Waals surface area contributed by atoms with E-state index in [4.69, 9.17) is 20.9 Å². The second-order valence-corrected chi connectivity index (χ2v) is 7.61. The standard InChI is InChI=1S/C22H20ClN5O5/c23-14-6-2-4-8-17(14)32-12-18-27-20(33-28-18)11-24-19(29)10-9-16-22(31)25-15-7-3-1-5-13(15)21(30)26-16/h1-8,16H,9-12H2,(H,24,29)(H,25,31)(H,26,30). The fourth-order valence-electron chi connectivity index (χ4n) is 3.18. The number of hydrogen-bond acceptors (Lipinski definition) is 7. The molecule has 0 saturated heterocycles. The van der Waals surface area contributed by atoms with Gasteiger partial charge in [0.05, 0.1) is 22.8 Å². The molecule has 10 nitrogen and oxygen atoms in total. The number of carbonyl (C=O) groups excluding carboxylic acids is 3. The zero-order chi connectivity index (χ0) is 23.2. The summed E-state index contributed by atoms with van der Waals surface area (Å²) in [7, 11) is 0. The van der Waals surface area contributed by atoms with Crippen LogP contribution in [0.1, 0.15) is 34.9 Å². The first-order valence-corrected chi connectivity index (χ1v) is 10.5. The zero-order valence-corrected chi connectivity index (χ0v) is 18.1. The van der Waals surface area contributed by atoms with Crippen molar-refractivity contribution in [3.63, 3.8) is 0 Å². The van der Waals surface area contributed by atoms with Gasteiger partial charge in [-0.1, -0.05) is 41.0 Å². The van der Waals surface area contributed by atoms with Gasteiger partial charge in [0, 0.05) is 6.42 Å². The van der Waals surface area contributed by atoms with Crippen LogP contribution in [0.5, 0.6) is 5.75 Å². The molecule has 33 heavy (non-hydrogen) atoms. The van der Waals surface area contributed by atoms with Crippen LogP contribution in [0.15, 0.2) is 53.1 Å². The number of amides is 3. The van der Waals surface area contributed by atoms with E-state index in [1.165, 1.54) is 0 Å². The number of halogens is 1. The van der Waals surface area contributed by atoms with Crippen molar-refractivity contribution in [2.75, 3.05) is 5.32 Å². The molecular weight excluding hydrogens is 450 g/mol. The number of ether oxygens (including phenoxy) is 1. The molecule has 0 aliphatic carbocycles. The lowest BCUT2D eigenvalue weighted by Gasteiger charge is -2.14. The third-order valence-corrected chi connectivity index (χ3v) is 5.16. The lowest BCUT2D eigenvalue weighted by Crippen LogP contribution is -2.42. The highest BCUT2D eigenvalue weighted by molar-refractivity contribution is 6.32. The van der Waals surface area contributed by atoms with Crippen molar-refractivity contribution in [3.8, 4) is 5.75 Å². The van der Waals surface area contributed by atoms with Crippen LogP contribution in [0.2, 0.25) is 5.02 Å². The van der Waals surface area contributed by atoms with E-state index in [0.717, 1.165) is 0 Å². The van der Waals surface area contributed by atoms with E-state index in [1.807, 2.05) is 0 Å². The molecule has 0 bridgehead atoms. The number of rotatable bonds is 8. The van der Waals surface area contributed by atoms with Crippen LogP contribution in [0.4, 0.5) is 5.69 Å². The maximum atomic E-state index is 12.4. The minimum Gasteiger partial charge on any atom is -0.484 e. The van der Waals surface area contributed by atoms with Gasteiger partial charge in [-0.05, 0) is 30.7 Å². The Balaban J connectivity index is 1.23. The number of benzene rings is 2. The largest absolute Gasteiger partial charge is 0.484 e. The zero-order valence-electron chi connectivity index (χ0n) is 17.3. The summed E-state index contributed by atoms with van der Waals surface area (Å²) >= 11 is 6.03. The van der Waals surface area contributed by atoms with Crippen LogP contribution in [0.25, 0.3) is 0 Å². The average Bonchev–Trinajstić information content (AvgIpc) is 3.23. The molecule has 1 atom stereocenters. The summed E-state index contributed by atoms with van der Waals surface area (Å²) in [5.41, 5.74) is 0.821. The smallest absolute Gasteiger partial charge is 0.254 e. The molecule has 3 amide bonds. The van der Waals surface area contributed by atoms with E-state index in [9.17, 15) is 14.4 Å². The van der Waals surface area contributed by atoms with E-state index in [1.54, 1.807) is 48.5 Å². The third kappa shape index (κ3) is 5.66. The Morgan fingerprint density at radius 3 is 2.79 bits per heavy atom. The molecule has 11 heteroatoms. The van der Waals surface area contributed by atoms with E-state index in [0.29, 0.717) is 27.8 Å². The maximum absolute atomic E-state index is 12.4. The van der Waals surface area contributed by atoms with Crippen molar-refractivity contribution in [2.45, 2.75) is 32.0 Å². The third-order valence-electron chi connectivity index (χ3n) is 4.85. The van der Waals surface area contributed by atoms with Gasteiger partial charge in [-0.3, -0.25) is 14.4 Å². The van der Waals surface area contributed by atoms with Crippen LogP contribution in [-0.4, -0.2) is 33.9 Å². The predicted octanol–water partition coefficient (Wildman–Crippen LogP) is 2.45. The van der Waals surface area contributed by atoms with Gasteiger partial charge in [0.2, 0.25) is 23.5 Å². The second kappa shape index (κ2) is 10.1. The van der Waals surface area contributed by atoms with Gasteiger partial charge in [-0.25, -0.2) is 0 Å². The van der Waals surface area contributed by atoms with E-state index < -0.39 is 6.04 Å². The Bertz CT molecular complexity index is 1180. The van der Waals surface area contributed by atoms with Gasteiger partial charge in [0.15, 0.2) is 6.61 Å². The summed E-state index contributed by atoms with van der Waals surface area (Å²) in [6, 6.07) is 12.9.